The lowest BCUT2D eigenvalue weighted by Crippen LogP contribution is -2.34. The summed E-state index contributed by atoms with van der Waals surface area (Å²) in [7, 11) is -3.58. The van der Waals surface area contributed by atoms with E-state index in [0.717, 1.165) is 44.1 Å². The molecule has 1 aliphatic rings. The second kappa shape index (κ2) is 10.2. The van der Waals surface area contributed by atoms with Crippen molar-refractivity contribution >= 4 is 15.9 Å². The molecular formula is C24H32N2O3S. The Morgan fingerprint density at radius 1 is 1.03 bits per heavy atom. The number of carbonyl (C=O) groups is 1. The number of nitrogens with one attached hydrogen (secondary N) is 1. The molecule has 0 aromatic heterocycles. The fourth-order valence-corrected chi connectivity index (χ4v) is 5.38. The van der Waals surface area contributed by atoms with Crippen molar-refractivity contribution in [2.75, 3.05) is 13.1 Å². The summed E-state index contributed by atoms with van der Waals surface area (Å²) in [5.74, 6) is -0.221. The van der Waals surface area contributed by atoms with Crippen LogP contribution in [0.1, 0.15) is 60.5 Å². The molecule has 2 aromatic carbocycles. The van der Waals surface area contributed by atoms with Crippen molar-refractivity contribution in [3.8, 4) is 0 Å². The number of aryl methyl sites for hydroxylation is 2. The molecule has 0 saturated carbocycles. The van der Waals surface area contributed by atoms with Crippen LogP contribution in [-0.2, 0) is 16.4 Å². The number of sulfonamides is 1. The van der Waals surface area contributed by atoms with Crippen LogP contribution in [0.15, 0.2) is 53.4 Å². The van der Waals surface area contributed by atoms with Crippen molar-refractivity contribution in [3.05, 3.63) is 65.2 Å². The van der Waals surface area contributed by atoms with E-state index in [-0.39, 0.29) is 16.8 Å². The molecule has 1 fully saturated rings. The fourth-order valence-electron chi connectivity index (χ4n) is 3.84. The van der Waals surface area contributed by atoms with Crippen LogP contribution in [-0.4, -0.2) is 37.8 Å². The predicted molar refractivity (Wildman–Crippen MR) is 120 cm³/mol. The van der Waals surface area contributed by atoms with Crippen molar-refractivity contribution in [1.82, 2.24) is 9.62 Å². The van der Waals surface area contributed by atoms with Crippen LogP contribution in [0.5, 0.6) is 0 Å². The molecule has 1 atom stereocenters. The largest absolute Gasteiger partial charge is 0.350 e. The number of hydrogen-bond donors (Lipinski definition) is 1. The molecule has 2 aromatic rings. The normalized spacial score (nSPS) is 16.6. The maximum atomic E-state index is 13.1. The van der Waals surface area contributed by atoms with E-state index in [1.807, 2.05) is 32.0 Å². The first-order valence-corrected chi connectivity index (χ1v) is 12.3. The smallest absolute Gasteiger partial charge is 0.251 e. The first-order chi connectivity index (χ1) is 14.4. The minimum absolute atomic E-state index is 0.0111. The van der Waals surface area contributed by atoms with Gasteiger partial charge in [-0.1, -0.05) is 49.2 Å². The van der Waals surface area contributed by atoms with Crippen molar-refractivity contribution in [2.45, 2.75) is 63.3 Å². The number of benzene rings is 2. The van der Waals surface area contributed by atoms with Gasteiger partial charge in [0.15, 0.2) is 0 Å². The molecule has 0 spiro atoms. The highest BCUT2D eigenvalue weighted by atomic mass is 32.2. The summed E-state index contributed by atoms with van der Waals surface area (Å²) in [6.45, 7) is 4.92. The molecule has 1 heterocycles. The molecule has 162 valence electrons. The van der Waals surface area contributed by atoms with E-state index in [1.165, 1.54) is 11.6 Å². The van der Waals surface area contributed by atoms with Gasteiger partial charge in [-0.3, -0.25) is 4.79 Å². The summed E-state index contributed by atoms with van der Waals surface area (Å²) in [5.41, 5.74) is 2.44. The Bertz CT molecular complexity index is 950. The van der Waals surface area contributed by atoms with Crippen molar-refractivity contribution in [1.29, 1.82) is 0 Å². The second-order valence-corrected chi connectivity index (χ2v) is 10.1. The van der Waals surface area contributed by atoms with Crippen LogP contribution in [0, 0.1) is 6.92 Å². The molecule has 1 N–H and O–H groups in total. The van der Waals surface area contributed by atoms with Gasteiger partial charge in [0.25, 0.3) is 5.91 Å². The maximum absolute atomic E-state index is 13.1. The Morgan fingerprint density at radius 3 is 2.37 bits per heavy atom. The summed E-state index contributed by atoms with van der Waals surface area (Å²) >= 11 is 0. The summed E-state index contributed by atoms with van der Waals surface area (Å²) in [6.07, 6.45) is 5.60. The zero-order valence-electron chi connectivity index (χ0n) is 17.9. The molecule has 30 heavy (non-hydrogen) atoms. The summed E-state index contributed by atoms with van der Waals surface area (Å²) in [5, 5.41) is 3.03. The van der Waals surface area contributed by atoms with Gasteiger partial charge < -0.3 is 5.32 Å². The first kappa shape index (κ1) is 22.5. The quantitative estimate of drug-likeness (QED) is 0.715. The van der Waals surface area contributed by atoms with Crippen LogP contribution >= 0.6 is 0 Å². The molecular weight excluding hydrogens is 396 g/mol. The van der Waals surface area contributed by atoms with Crippen LogP contribution < -0.4 is 5.32 Å². The van der Waals surface area contributed by atoms with E-state index in [4.69, 9.17) is 0 Å². The minimum Gasteiger partial charge on any atom is -0.350 e. The van der Waals surface area contributed by atoms with Crippen LogP contribution in [0.2, 0.25) is 0 Å². The Balaban J connectivity index is 1.70. The number of hydrogen-bond acceptors (Lipinski definition) is 3. The molecule has 3 rings (SSSR count). The Hall–Kier alpha value is -2.18. The summed E-state index contributed by atoms with van der Waals surface area (Å²) in [4.78, 5) is 13.1. The third-order valence-corrected chi connectivity index (χ3v) is 7.64. The number of nitrogens with zero attached hydrogens (tertiary/aromatic N) is 1. The molecule has 1 aliphatic heterocycles. The number of amides is 1. The lowest BCUT2D eigenvalue weighted by molar-refractivity contribution is 0.0937. The van der Waals surface area contributed by atoms with E-state index < -0.39 is 10.0 Å². The molecule has 1 saturated heterocycles. The second-order valence-electron chi connectivity index (χ2n) is 8.19. The van der Waals surface area contributed by atoms with Gasteiger partial charge in [-0.15, -0.1) is 0 Å². The van der Waals surface area contributed by atoms with Gasteiger partial charge in [0.05, 0.1) is 4.90 Å². The Labute approximate surface area is 180 Å². The lowest BCUT2D eigenvalue weighted by Gasteiger charge is -2.21. The van der Waals surface area contributed by atoms with Crippen molar-refractivity contribution < 1.29 is 13.2 Å². The van der Waals surface area contributed by atoms with E-state index in [0.29, 0.717) is 18.7 Å². The van der Waals surface area contributed by atoms with Gasteiger partial charge in [0, 0.05) is 24.7 Å². The number of carbonyl (C=O) groups excluding carboxylic acids is 1. The highest BCUT2D eigenvalue weighted by Crippen LogP contribution is 2.23. The van der Waals surface area contributed by atoms with Gasteiger partial charge >= 0.3 is 0 Å². The average Bonchev–Trinajstić information content (AvgIpc) is 3.03. The van der Waals surface area contributed by atoms with Gasteiger partial charge in [0.1, 0.15) is 0 Å². The standard InChI is InChI=1S/C24H32N2O3S/c1-19-12-15-22(30(28,29)26-16-8-3-4-9-17-26)18-23(19)24(27)25-20(2)13-14-21-10-6-5-7-11-21/h5-7,10-12,15,18,20H,3-4,8-9,13-14,16-17H2,1-2H3,(H,25,27)/t20-/m1/s1. The molecule has 0 bridgehead atoms. The Kier molecular flexibility index (Phi) is 7.67. The maximum Gasteiger partial charge on any atom is 0.251 e. The van der Waals surface area contributed by atoms with E-state index in [9.17, 15) is 13.2 Å². The molecule has 5 nitrogen and oxygen atoms in total. The van der Waals surface area contributed by atoms with Crippen LogP contribution in [0.25, 0.3) is 0 Å². The molecule has 1 amide bonds. The Morgan fingerprint density at radius 2 is 1.70 bits per heavy atom. The van der Waals surface area contributed by atoms with E-state index >= 15 is 0 Å². The van der Waals surface area contributed by atoms with Gasteiger partial charge in [-0.05, 0) is 62.8 Å². The summed E-state index contributed by atoms with van der Waals surface area (Å²) in [6, 6.07) is 15.0. The molecule has 6 heteroatoms. The number of rotatable bonds is 7. The fraction of sp³-hybridized carbons (Fsp3) is 0.458. The van der Waals surface area contributed by atoms with Gasteiger partial charge in [0.2, 0.25) is 10.0 Å². The van der Waals surface area contributed by atoms with Crippen LogP contribution in [0.3, 0.4) is 0 Å². The van der Waals surface area contributed by atoms with E-state index in [2.05, 4.69) is 17.4 Å². The first-order valence-electron chi connectivity index (χ1n) is 10.8. The predicted octanol–water partition coefficient (Wildman–Crippen LogP) is 4.31. The molecule has 0 radical (unpaired) electrons. The summed E-state index contributed by atoms with van der Waals surface area (Å²) < 4.78 is 27.8. The highest BCUT2D eigenvalue weighted by Gasteiger charge is 2.26. The molecule has 0 unspecified atom stereocenters. The minimum atomic E-state index is -3.58. The van der Waals surface area contributed by atoms with Gasteiger partial charge in [-0.25, -0.2) is 8.42 Å². The third-order valence-electron chi connectivity index (χ3n) is 5.74. The highest BCUT2D eigenvalue weighted by molar-refractivity contribution is 7.89. The van der Waals surface area contributed by atoms with Crippen molar-refractivity contribution in [2.24, 2.45) is 0 Å². The topological polar surface area (TPSA) is 66.5 Å². The zero-order chi connectivity index (χ0) is 21.6. The molecule has 0 aliphatic carbocycles. The lowest BCUT2D eigenvalue weighted by atomic mass is 10.0. The SMILES string of the molecule is Cc1ccc(S(=O)(=O)N2CCCCCC2)cc1C(=O)N[C@H](C)CCc1ccccc1. The van der Waals surface area contributed by atoms with Crippen LogP contribution in [0.4, 0.5) is 0 Å². The average molecular weight is 429 g/mol. The third kappa shape index (κ3) is 5.70. The zero-order valence-corrected chi connectivity index (χ0v) is 18.7. The van der Waals surface area contributed by atoms with Gasteiger partial charge in [-0.2, -0.15) is 4.31 Å². The van der Waals surface area contributed by atoms with Crippen molar-refractivity contribution in [3.63, 3.8) is 0 Å². The monoisotopic (exact) mass is 428 g/mol. The van der Waals surface area contributed by atoms with E-state index in [1.54, 1.807) is 16.4 Å².